The zero-order valence-corrected chi connectivity index (χ0v) is 11.8. The van der Waals surface area contributed by atoms with Crippen molar-refractivity contribution in [3.05, 3.63) is 18.2 Å². The second-order valence-corrected chi connectivity index (χ2v) is 4.11. The highest BCUT2D eigenvalue weighted by molar-refractivity contribution is 5.95. The second kappa shape index (κ2) is 7.28. The Morgan fingerprint density at radius 1 is 1.05 bits per heavy atom. The summed E-state index contributed by atoms with van der Waals surface area (Å²) >= 11 is 0. The molecule has 0 bridgehead atoms. The number of hydrogen-bond donors (Lipinski definition) is 2. The molecule has 6 heteroatoms. The van der Waals surface area contributed by atoms with Gasteiger partial charge in [-0.1, -0.05) is 13.8 Å². The van der Waals surface area contributed by atoms with Crippen LogP contribution in [0.4, 0.5) is 11.4 Å². The summed E-state index contributed by atoms with van der Waals surface area (Å²) in [4.78, 5) is 33.8. The Morgan fingerprint density at radius 3 is 2.20 bits per heavy atom. The topological polar surface area (TPSA) is 84.5 Å². The van der Waals surface area contributed by atoms with Crippen molar-refractivity contribution in [1.82, 2.24) is 0 Å². The molecule has 6 nitrogen and oxygen atoms in total. The lowest BCUT2D eigenvalue weighted by molar-refractivity contribution is -0.132. The minimum atomic E-state index is -0.484. The molecule has 0 radical (unpaired) electrons. The third kappa shape index (κ3) is 4.72. The fraction of sp³-hybridized carbons (Fsp3) is 0.357. The van der Waals surface area contributed by atoms with Gasteiger partial charge in [0, 0.05) is 25.5 Å². The van der Waals surface area contributed by atoms with E-state index in [0.29, 0.717) is 24.2 Å². The van der Waals surface area contributed by atoms with Crippen LogP contribution in [0.2, 0.25) is 0 Å². The van der Waals surface area contributed by atoms with E-state index in [1.807, 2.05) is 0 Å². The van der Waals surface area contributed by atoms with E-state index in [-0.39, 0.29) is 17.6 Å². The molecule has 0 aliphatic rings. The van der Waals surface area contributed by atoms with Crippen LogP contribution in [-0.4, -0.2) is 17.8 Å². The average Bonchev–Trinajstić information content (AvgIpc) is 2.40. The van der Waals surface area contributed by atoms with Gasteiger partial charge < -0.3 is 15.4 Å². The zero-order chi connectivity index (χ0) is 15.1. The van der Waals surface area contributed by atoms with Gasteiger partial charge in [0.2, 0.25) is 11.8 Å². The first-order valence-corrected chi connectivity index (χ1v) is 6.38. The average molecular weight is 278 g/mol. The maximum atomic E-state index is 11.5. The van der Waals surface area contributed by atoms with Crippen LogP contribution in [0.3, 0.4) is 0 Å². The van der Waals surface area contributed by atoms with Gasteiger partial charge in [0.15, 0.2) is 5.75 Å². The molecule has 2 N–H and O–H groups in total. The number of carbonyl (C=O) groups excluding carboxylic acids is 3. The molecule has 1 aromatic rings. The normalized spacial score (nSPS) is 9.75. The summed E-state index contributed by atoms with van der Waals surface area (Å²) in [5.74, 6) is -0.591. The lowest BCUT2D eigenvalue weighted by Crippen LogP contribution is -2.14. The standard InChI is InChI=1S/C14H18N2O4/c1-4-13(18)15-10-6-7-12(20-9(3)17)11(8-10)16-14(19)5-2/h6-8H,4-5H2,1-3H3,(H,15,18)(H,16,19). The molecule has 0 heterocycles. The van der Waals surface area contributed by atoms with Gasteiger partial charge in [0.05, 0.1) is 5.69 Å². The quantitative estimate of drug-likeness (QED) is 0.639. The molecule has 0 spiro atoms. The summed E-state index contributed by atoms with van der Waals surface area (Å²) in [7, 11) is 0. The molecule has 0 atom stereocenters. The molecule has 108 valence electrons. The van der Waals surface area contributed by atoms with Crippen LogP contribution in [0.25, 0.3) is 0 Å². The van der Waals surface area contributed by atoms with Crippen LogP contribution in [0.1, 0.15) is 33.6 Å². The fourth-order valence-corrected chi connectivity index (χ4v) is 1.44. The molecule has 0 aliphatic carbocycles. The molecule has 0 fully saturated rings. The molecule has 2 amide bonds. The first-order chi connectivity index (χ1) is 9.46. The Labute approximate surface area is 117 Å². The number of benzene rings is 1. The predicted molar refractivity (Wildman–Crippen MR) is 75.6 cm³/mol. The van der Waals surface area contributed by atoms with Gasteiger partial charge in [-0.15, -0.1) is 0 Å². The largest absolute Gasteiger partial charge is 0.424 e. The van der Waals surface area contributed by atoms with Gasteiger partial charge >= 0.3 is 5.97 Å². The number of ether oxygens (including phenoxy) is 1. The number of rotatable bonds is 5. The molecule has 0 unspecified atom stereocenters. The number of hydrogen-bond acceptors (Lipinski definition) is 4. The van der Waals surface area contributed by atoms with Crippen molar-refractivity contribution in [3.63, 3.8) is 0 Å². The molecule has 0 aliphatic heterocycles. The maximum Gasteiger partial charge on any atom is 0.308 e. The van der Waals surface area contributed by atoms with Gasteiger partial charge in [-0.25, -0.2) is 0 Å². The second-order valence-electron chi connectivity index (χ2n) is 4.11. The highest BCUT2D eigenvalue weighted by atomic mass is 16.5. The zero-order valence-electron chi connectivity index (χ0n) is 11.8. The molecular weight excluding hydrogens is 260 g/mol. The summed E-state index contributed by atoms with van der Waals surface area (Å²) in [6, 6.07) is 4.69. The van der Waals surface area contributed by atoms with Crippen LogP contribution in [-0.2, 0) is 14.4 Å². The molecule has 20 heavy (non-hydrogen) atoms. The SMILES string of the molecule is CCC(=O)Nc1ccc(OC(C)=O)c(NC(=O)CC)c1. The summed E-state index contributed by atoms with van der Waals surface area (Å²) in [6.45, 7) is 4.73. The van der Waals surface area contributed by atoms with E-state index >= 15 is 0 Å². The van der Waals surface area contributed by atoms with E-state index < -0.39 is 5.97 Å². The summed E-state index contributed by atoms with van der Waals surface area (Å²) in [5, 5.41) is 5.30. The fourth-order valence-electron chi connectivity index (χ4n) is 1.44. The predicted octanol–water partition coefficient (Wildman–Crippen LogP) is 2.31. The lowest BCUT2D eigenvalue weighted by atomic mass is 10.2. The Bertz CT molecular complexity index is 526. The molecular formula is C14H18N2O4. The van der Waals surface area contributed by atoms with Crippen LogP contribution in [0.5, 0.6) is 5.75 Å². The van der Waals surface area contributed by atoms with E-state index in [9.17, 15) is 14.4 Å². The van der Waals surface area contributed by atoms with Crippen LogP contribution in [0.15, 0.2) is 18.2 Å². The van der Waals surface area contributed by atoms with Crippen molar-refractivity contribution in [3.8, 4) is 5.75 Å². The van der Waals surface area contributed by atoms with Crippen molar-refractivity contribution < 1.29 is 19.1 Å². The Morgan fingerprint density at radius 2 is 1.65 bits per heavy atom. The van der Waals surface area contributed by atoms with Crippen molar-refractivity contribution >= 4 is 29.2 Å². The van der Waals surface area contributed by atoms with Gasteiger partial charge in [-0.05, 0) is 18.2 Å². The van der Waals surface area contributed by atoms with E-state index in [4.69, 9.17) is 4.74 Å². The lowest BCUT2D eigenvalue weighted by Gasteiger charge is -2.12. The van der Waals surface area contributed by atoms with E-state index in [0.717, 1.165) is 0 Å². The van der Waals surface area contributed by atoms with E-state index in [2.05, 4.69) is 10.6 Å². The van der Waals surface area contributed by atoms with Gasteiger partial charge in [0.1, 0.15) is 0 Å². The monoisotopic (exact) mass is 278 g/mol. The minimum Gasteiger partial charge on any atom is -0.424 e. The van der Waals surface area contributed by atoms with Crippen molar-refractivity contribution in [1.29, 1.82) is 0 Å². The van der Waals surface area contributed by atoms with Crippen LogP contribution in [0, 0.1) is 0 Å². The van der Waals surface area contributed by atoms with E-state index in [1.54, 1.807) is 26.0 Å². The third-order valence-electron chi connectivity index (χ3n) is 2.43. The summed E-state index contributed by atoms with van der Waals surface area (Å²) < 4.78 is 5.01. The third-order valence-corrected chi connectivity index (χ3v) is 2.43. The highest BCUT2D eigenvalue weighted by Gasteiger charge is 2.11. The minimum absolute atomic E-state index is 0.141. The number of carbonyl (C=O) groups is 3. The molecule has 1 aromatic carbocycles. The Hall–Kier alpha value is -2.37. The number of nitrogens with one attached hydrogen (secondary N) is 2. The Balaban J connectivity index is 3.03. The maximum absolute atomic E-state index is 11.5. The Kier molecular flexibility index (Phi) is 5.71. The van der Waals surface area contributed by atoms with Crippen LogP contribution < -0.4 is 15.4 Å². The first-order valence-electron chi connectivity index (χ1n) is 6.38. The van der Waals surface area contributed by atoms with E-state index in [1.165, 1.54) is 13.0 Å². The highest BCUT2D eigenvalue weighted by Crippen LogP contribution is 2.28. The van der Waals surface area contributed by atoms with Gasteiger partial charge in [-0.2, -0.15) is 0 Å². The smallest absolute Gasteiger partial charge is 0.308 e. The summed E-state index contributed by atoms with van der Waals surface area (Å²) in [6.07, 6.45) is 0.646. The molecule has 0 aromatic heterocycles. The molecule has 0 saturated heterocycles. The summed E-state index contributed by atoms with van der Waals surface area (Å²) in [5.41, 5.74) is 0.875. The van der Waals surface area contributed by atoms with Crippen molar-refractivity contribution in [2.24, 2.45) is 0 Å². The van der Waals surface area contributed by atoms with Gasteiger partial charge in [0.25, 0.3) is 0 Å². The number of amides is 2. The molecule has 0 saturated carbocycles. The first kappa shape index (κ1) is 15.7. The number of esters is 1. The van der Waals surface area contributed by atoms with Crippen molar-refractivity contribution in [2.45, 2.75) is 33.6 Å². The number of anilines is 2. The van der Waals surface area contributed by atoms with Crippen LogP contribution >= 0.6 is 0 Å². The van der Waals surface area contributed by atoms with Gasteiger partial charge in [-0.3, -0.25) is 14.4 Å². The molecule has 1 rings (SSSR count). The van der Waals surface area contributed by atoms with Crippen molar-refractivity contribution in [2.75, 3.05) is 10.6 Å².